The summed E-state index contributed by atoms with van der Waals surface area (Å²) >= 11 is 1.41. The Morgan fingerprint density at radius 3 is 2.68 bits per heavy atom. The first kappa shape index (κ1) is 17.0. The van der Waals surface area contributed by atoms with Crippen molar-refractivity contribution in [1.82, 2.24) is 4.72 Å². The van der Waals surface area contributed by atoms with E-state index in [9.17, 15) is 13.5 Å². The van der Waals surface area contributed by atoms with E-state index in [-0.39, 0.29) is 11.4 Å². The van der Waals surface area contributed by atoms with Crippen LogP contribution in [0.5, 0.6) is 5.75 Å². The lowest BCUT2D eigenvalue weighted by Crippen LogP contribution is -2.28. The van der Waals surface area contributed by atoms with Crippen molar-refractivity contribution in [1.29, 1.82) is 0 Å². The van der Waals surface area contributed by atoms with E-state index in [1.807, 2.05) is 18.4 Å². The lowest BCUT2D eigenvalue weighted by Gasteiger charge is -2.14. The van der Waals surface area contributed by atoms with E-state index < -0.39 is 16.1 Å². The third-order valence-electron chi connectivity index (χ3n) is 3.11. The molecule has 1 unspecified atom stereocenters. The van der Waals surface area contributed by atoms with Gasteiger partial charge in [0.25, 0.3) is 0 Å². The summed E-state index contributed by atoms with van der Waals surface area (Å²) in [5, 5.41) is 12.0. The minimum Gasteiger partial charge on any atom is -0.492 e. The Labute approximate surface area is 134 Å². The third-order valence-corrected chi connectivity index (χ3v) is 5.69. The molecule has 2 aromatic rings. The van der Waals surface area contributed by atoms with Gasteiger partial charge in [-0.2, -0.15) is 0 Å². The highest BCUT2D eigenvalue weighted by molar-refractivity contribution is 7.89. The monoisotopic (exact) mass is 341 g/mol. The van der Waals surface area contributed by atoms with Gasteiger partial charge in [-0.25, -0.2) is 13.1 Å². The second-order valence-electron chi connectivity index (χ2n) is 4.72. The van der Waals surface area contributed by atoms with Gasteiger partial charge in [-0.15, -0.1) is 11.3 Å². The van der Waals surface area contributed by atoms with Crippen LogP contribution >= 0.6 is 11.3 Å². The van der Waals surface area contributed by atoms with E-state index in [0.717, 1.165) is 10.4 Å². The molecular weight excluding hydrogens is 322 g/mol. The summed E-state index contributed by atoms with van der Waals surface area (Å²) in [7, 11) is -3.74. The predicted molar refractivity (Wildman–Crippen MR) is 86.8 cm³/mol. The average molecular weight is 341 g/mol. The molecule has 0 aliphatic rings. The van der Waals surface area contributed by atoms with Gasteiger partial charge in [0.15, 0.2) is 0 Å². The standard InChI is InChI=1S/C15H19NO4S2/c1-3-20-13-6-4-5-7-14(13)22(18,19)16-10-12(17)15-11(2)8-9-21-15/h4-9,12,16-17H,3,10H2,1-2H3. The Hall–Kier alpha value is -1.41. The van der Waals surface area contributed by atoms with Crippen molar-refractivity contribution >= 4 is 21.4 Å². The van der Waals surface area contributed by atoms with Crippen LogP contribution in [0.1, 0.15) is 23.5 Å². The molecule has 0 fully saturated rings. The number of nitrogens with one attached hydrogen (secondary N) is 1. The van der Waals surface area contributed by atoms with E-state index in [2.05, 4.69) is 4.72 Å². The van der Waals surface area contributed by atoms with E-state index in [1.165, 1.54) is 17.4 Å². The van der Waals surface area contributed by atoms with Gasteiger partial charge < -0.3 is 9.84 Å². The summed E-state index contributed by atoms with van der Waals surface area (Å²) in [6, 6.07) is 8.33. The number of rotatable bonds is 7. The molecule has 0 amide bonds. The van der Waals surface area contributed by atoms with Crippen molar-refractivity contribution in [3.05, 3.63) is 46.2 Å². The Bertz CT molecular complexity index is 725. The SMILES string of the molecule is CCOc1ccccc1S(=O)(=O)NCC(O)c1sccc1C. The molecule has 2 rings (SSSR count). The molecule has 1 aromatic carbocycles. The van der Waals surface area contributed by atoms with Gasteiger partial charge in [-0.05, 0) is 43.0 Å². The molecule has 2 N–H and O–H groups in total. The smallest absolute Gasteiger partial charge is 0.244 e. The van der Waals surface area contributed by atoms with Crippen LogP contribution in [0.4, 0.5) is 0 Å². The summed E-state index contributed by atoms with van der Waals surface area (Å²) in [5.41, 5.74) is 0.950. The molecule has 0 spiro atoms. The molecular formula is C15H19NO4S2. The topological polar surface area (TPSA) is 75.6 Å². The minimum absolute atomic E-state index is 0.0759. The van der Waals surface area contributed by atoms with Crippen molar-refractivity contribution < 1.29 is 18.3 Å². The number of aryl methyl sites for hydroxylation is 1. The molecule has 0 saturated heterocycles. The van der Waals surface area contributed by atoms with Gasteiger partial charge >= 0.3 is 0 Å². The average Bonchev–Trinajstić information content (AvgIpc) is 2.92. The molecule has 0 aliphatic heterocycles. The summed E-state index contributed by atoms with van der Waals surface area (Å²) in [6.45, 7) is 3.97. The number of sulfonamides is 1. The fourth-order valence-corrected chi connectivity index (χ4v) is 4.13. The van der Waals surface area contributed by atoms with Gasteiger partial charge in [-0.3, -0.25) is 0 Å². The highest BCUT2D eigenvalue weighted by Crippen LogP contribution is 2.25. The van der Waals surface area contributed by atoms with E-state index in [0.29, 0.717) is 12.4 Å². The zero-order chi connectivity index (χ0) is 16.2. The van der Waals surface area contributed by atoms with Crippen molar-refractivity contribution in [2.24, 2.45) is 0 Å². The second-order valence-corrected chi connectivity index (χ2v) is 7.40. The Balaban J connectivity index is 2.13. The second kappa shape index (κ2) is 7.23. The number of aliphatic hydroxyl groups excluding tert-OH is 1. The van der Waals surface area contributed by atoms with Crippen LogP contribution in [0.15, 0.2) is 40.6 Å². The molecule has 1 atom stereocenters. The van der Waals surface area contributed by atoms with Crippen molar-refractivity contribution in [2.75, 3.05) is 13.2 Å². The lowest BCUT2D eigenvalue weighted by atomic mass is 10.2. The van der Waals surface area contributed by atoms with Crippen LogP contribution in [-0.2, 0) is 10.0 Å². The quantitative estimate of drug-likeness (QED) is 0.811. The van der Waals surface area contributed by atoms with Crippen LogP contribution in [0, 0.1) is 6.92 Å². The molecule has 5 nitrogen and oxygen atoms in total. The number of para-hydroxylation sites is 1. The van der Waals surface area contributed by atoms with Crippen molar-refractivity contribution in [2.45, 2.75) is 24.8 Å². The molecule has 22 heavy (non-hydrogen) atoms. The van der Waals surface area contributed by atoms with Gasteiger partial charge in [0.05, 0.1) is 6.61 Å². The molecule has 120 valence electrons. The first-order valence-corrected chi connectivity index (χ1v) is 9.25. The van der Waals surface area contributed by atoms with Crippen LogP contribution in [0.3, 0.4) is 0 Å². The van der Waals surface area contributed by atoms with Crippen LogP contribution in [0.25, 0.3) is 0 Å². The molecule has 0 bridgehead atoms. The fraction of sp³-hybridized carbons (Fsp3) is 0.333. The number of hydrogen-bond donors (Lipinski definition) is 2. The zero-order valence-electron chi connectivity index (χ0n) is 12.4. The molecule has 0 aliphatic carbocycles. The van der Waals surface area contributed by atoms with Gasteiger partial charge in [0.2, 0.25) is 10.0 Å². The van der Waals surface area contributed by atoms with Crippen molar-refractivity contribution in [3.63, 3.8) is 0 Å². The number of ether oxygens (including phenoxy) is 1. The van der Waals surface area contributed by atoms with E-state index >= 15 is 0 Å². The highest BCUT2D eigenvalue weighted by atomic mass is 32.2. The van der Waals surface area contributed by atoms with Gasteiger partial charge in [0, 0.05) is 11.4 Å². The predicted octanol–water partition coefficient (Wildman–Crippen LogP) is 2.47. The van der Waals surface area contributed by atoms with E-state index in [4.69, 9.17) is 4.74 Å². The minimum atomic E-state index is -3.74. The normalized spacial score (nSPS) is 13.0. The van der Waals surface area contributed by atoms with Gasteiger partial charge in [0.1, 0.15) is 16.7 Å². The first-order valence-electron chi connectivity index (χ1n) is 6.89. The van der Waals surface area contributed by atoms with Crippen molar-refractivity contribution in [3.8, 4) is 5.75 Å². The first-order chi connectivity index (χ1) is 10.5. The van der Waals surface area contributed by atoms with Crippen LogP contribution in [0.2, 0.25) is 0 Å². The maximum atomic E-state index is 12.4. The highest BCUT2D eigenvalue weighted by Gasteiger charge is 2.21. The molecule has 0 saturated carbocycles. The molecule has 1 aromatic heterocycles. The Morgan fingerprint density at radius 1 is 1.32 bits per heavy atom. The number of benzene rings is 1. The molecule has 7 heteroatoms. The number of aliphatic hydroxyl groups is 1. The summed E-state index contributed by atoms with van der Waals surface area (Å²) in [4.78, 5) is 0.841. The summed E-state index contributed by atoms with van der Waals surface area (Å²) in [5.74, 6) is 0.305. The molecule has 0 radical (unpaired) electrons. The Morgan fingerprint density at radius 2 is 2.05 bits per heavy atom. The zero-order valence-corrected chi connectivity index (χ0v) is 14.1. The number of thiophene rings is 1. The largest absolute Gasteiger partial charge is 0.492 e. The summed E-state index contributed by atoms with van der Waals surface area (Å²) in [6.07, 6.45) is -0.867. The molecule has 1 heterocycles. The summed E-state index contributed by atoms with van der Waals surface area (Å²) < 4.78 is 32.6. The Kier molecular flexibility index (Phi) is 5.57. The van der Waals surface area contributed by atoms with Crippen LogP contribution < -0.4 is 9.46 Å². The lowest BCUT2D eigenvalue weighted by molar-refractivity contribution is 0.185. The maximum absolute atomic E-state index is 12.4. The number of hydrogen-bond acceptors (Lipinski definition) is 5. The fourth-order valence-electron chi connectivity index (χ4n) is 2.03. The third kappa shape index (κ3) is 3.86. The van der Waals surface area contributed by atoms with Gasteiger partial charge in [-0.1, -0.05) is 12.1 Å². The van der Waals surface area contributed by atoms with E-state index in [1.54, 1.807) is 25.1 Å². The maximum Gasteiger partial charge on any atom is 0.244 e. The van der Waals surface area contributed by atoms with Crippen LogP contribution in [-0.4, -0.2) is 26.7 Å².